The van der Waals surface area contributed by atoms with Gasteiger partial charge in [-0.05, 0) is 58.1 Å². The fourth-order valence-electron chi connectivity index (χ4n) is 2.30. The van der Waals surface area contributed by atoms with Crippen LogP contribution < -0.4 is 5.73 Å². The average molecular weight is 260 g/mol. The Morgan fingerprint density at radius 1 is 1.69 bits per heavy atom. The van der Waals surface area contributed by atoms with Crippen molar-refractivity contribution in [3.8, 4) is 0 Å². The zero-order valence-corrected chi connectivity index (χ0v) is 10.1. The van der Waals surface area contributed by atoms with Gasteiger partial charge < -0.3 is 5.73 Å². The van der Waals surface area contributed by atoms with Gasteiger partial charge in [0.25, 0.3) is 0 Å². The summed E-state index contributed by atoms with van der Waals surface area (Å²) in [6.45, 7) is 2.27. The van der Waals surface area contributed by atoms with E-state index in [1.807, 2.05) is 0 Å². The van der Waals surface area contributed by atoms with E-state index in [-0.39, 0.29) is 5.54 Å². The van der Waals surface area contributed by atoms with E-state index in [4.69, 9.17) is 5.73 Å². The molecule has 0 aliphatic heterocycles. The van der Waals surface area contributed by atoms with Crippen molar-refractivity contribution in [3.05, 3.63) is 20.8 Å². The highest BCUT2D eigenvalue weighted by Crippen LogP contribution is 2.39. The second-order valence-corrected chi connectivity index (χ2v) is 6.51. The monoisotopic (exact) mass is 259 g/mol. The third-order valence-electron chi connectivity index (χ3n) is 2.75. The lowest BCUT2D eigenvalue weighted by Crippen LogP contribution is -2.52. The van der Waals surface area contributed by atoms with Crippen LogP contribution in [-0.4, -0.2) is 5.54 Å². The van der Waals surface area contributed by atoms with Gasteiger partial charge >= 0.3 is 0 Å². The number of hydrogen-bond acceptors (Lipinski definition) is 2. The van der Waals surface area contributed by atoms with Gasteiger partial charge in [0.15, 0.2) is 0 Å². The first-order valence-electron chi connectivity index (χ1n) is 4.60. The van der Waals surface area contributed by atoms with Crippen molar-refractivity contribution in [1.29, 1.82) is 0 Å². The Morgan fingerprint density at radius 3 is 2.85 bits per heavy atom. The van der Waals surface area contributed by atoms with Gasteiger partial charge in [0.1, 0.15) is 0 Å². The largest absolute Gasteiger partial charge is 0.325 e. The van der Waals surface area contributed by atoms with E-state index in [0.29, 0.717) is 0 Å². The molecule has 2 N–H and O–H groups in total. The second-order valence-electron chi connectivity index (χ2n) is 4.27. The normalized spacial score (nSPS) is 33.0. The third-order valence-corrected chi connectivity index (χ3v) is 4.56. The number of nitrogens with two attached hydrogens (primary N) is 1. The molecule has 1 heterocycles. The maximum atomic E-state index is 6.24. The SMILES string of the molecule is CC1CC(N)(Cc2ccsc2Br)C1. The fourth-order valence-corrected chi connectivity index (χ4v) is 3.54. The predicted molar refractivity (Wildman–Crippen MR) is 61.0 cm³/mol. The lowest BCUT2D eigenvalue weighted by Gasteiger charge is -2.43. The molecular weight excluding hydrogens is 246 g/mol. The van der Waals surface area contributed by atoms with Crippen LogP contribution in [-0.2, 0) is 6.42 Å². The highest BCUT2D eigenvalue weighted by molar-refractivity contribution is 9.11. The molecule has 1 saturated carbocycles. The van der Waals surface area contributed by atoms with Crippen molar-refractivity contribution in [2.24, 2.45) is 11.7 Å². The molecule has 2 rings (SSSR count). The minimum atomic E-state index is 0.0863. The van der Waals surface area contributed by atoms with Crippen molar-refractivity contribution in [2.45, 2.75) is 31.7 Å². The van der Waals surface area contributed by atoms with Gasteiger partial charge in [-0.25, -0.2) is 0 Å². The van der Waals surface area contributed by atoms with E-state index >= 15 is 0 Å². The van der Waals surface area contributed by atoms with Crippen LogP contribution in [0.25, 0.3) is 0 Å². The summed E-state index contributed by atoms with van der Waals surface area (Å²) in [6.07, 6.45) is 3.38. The predicted octanol–water partition coefficient (Wildman–Crippen LogP) is 3.18. The Labute approximate surface area is 91.5 Å². The summed E-state index contributed by atoms with van der Waals surface area (Å²) in [7, 11) is 0. The quantitative estimate of drug-likeness (QED) is 0.868. The summed E-state index contributed by atoms with van der Waals surface area (Å²) in [4.78, 5) is 0. The maximum Gasteiger partial charge on any atom is 0.0731 e. The molecule has 0 atom stereocenters. The number of halogens is 1. The Kier molecular flexibility index (Phi) is 2.51. The standard InChI is InChI=1S/C10H14BrNS/c1-7-4-10(12,5-7)6-8-2-3-13-9(8)11/h2-3,7H,4-6,12H2,1H3. The molecule has 0 saturated heterocycles. The zero-order chi connectivity index (χ0) is 9.47. The van der Waals surface area contributed by atoms with Crippen molar-refractivity contribution in [2.75, 3.05) is 0 Å². The first-order chi connectivity index (χ1) is 6.09. The lowest BCUT2D eigenvalue weighted by molar-refractivity contribution is 0.162. The Morgan fingerprint density at radius 2 is 2.38 bits per heavy atom. The highest BCUT2D eigenvalue weighted by Gasteiger charge is 2.38. The third kappa shape index (κ3) is 1.97. The maximum absolute atomic E-state index is 6.24. The molecule has 13 heavy (non-hydrogen) atoms. The highest BCUT2D eigenvalue weighted by atomic mass is 79.9. The minimum Gasteiger partial charge on any atom is -0.325 e. The van der Waals surface area contributed by atoms with Gasteiger partial charge in [-0.1, -0.05) is 6.92 Å². The fraction of sp³-hybridized carbons (Fsp3) is 0.600. The molecule has 0 aromatic carbocycles. The molecule has 0 amide bonds. The summed E-state index contributed by atoms with van der Waals surface area (Å²) in [5.41, 5.74) is 7.70. The van der Waals surface area contributed by atoms with E-state index in [0.717, 1.165) is 12.3 Å². The van der Waals surface area contributed by atoms with Crippen LogP contribution >= 0.6 is 27.3 Å². The van der Waals surface area contributed by atoms with Crippen molar-refractivity contribution in [3.63, 3.8) is 0 Å². The van der Waals surface area contributed by atoms with Gasteiger partial charge in [-0.3, -0.25) is 0 Å². The molecule has 1 nitrogen and oxygen atoms in total. The Bertz CT molecular complexity index is 302. The van der Waals surface area contributed by atoms with Crippen molar-refractivity contribution < 1.29 is 0 Å². The van der Waals surface area contributed by atoms with E-state index in [2.05, 4.69) is 34.3 Å². The van der Waals surface area contributed by atoms with E-state index in [9.17, 15) is 0 Å². The van der Waals surface area contributed by atoms with E-state index in [1.165, 1.54) is 22.2 Å². The summed E-state index contributed by atoms with van der Waals surface area (Å²) in [5.74, 6) is 0.822. The Hall–Kier alpha value is 0.140. The van der Waals surface area contributed by atoms with Crippen LogP contribution in [0.15, 0.2) is 15.2 Å². The lowest BCUT2D eigenvalue weighted by atomic mass is 9.67. The molecule has 3 heteroatoms. The topological polar surface area (TPSA) is 26.0 Å². The molecule has 0 spiro atoms. The van der Waals surface area contributed by atoms with Gasteiger partial charge in [-0.15, -0.1) is 11.3 Å². The molecule has 1 aliphatic rings. The van der Waals surface area contributed by atoms with Crippen LogP contribution in [0.4, 0.5) is 0 Å². The summed E-state index contributed by atoms with van der Waals surface area (Å²) in [6, 6.07) is 2.17. The molecule has 0 bridgehead atoms. The van der Waals surface area contributed by atoms with Crippen molar-refractivity contribution >= 4 is 27.3 Å². The zero-order valence-electron chi connectivity index (χ0n) is 7.72. The van der Waals surface area contributed by atoms with Crippen molar-refractivity contribution in [1.82, 2.24) is 0 Å². The summed E-state index contributed by atoms with van der Waals surface area (Å²) < 4.78 is 1.25. The molecule has 1 aromatic heterocycles. The molecule has 72 valence electrons. The molecule has 1 aliphatic carbocycles. The van der Waals surface area contributed by atoms with Gasteiger partial charge in [0, 0.05) is 5.54 Å². The molecule has 0 unspecified atom stereocenters. The van der Waals surface area contributed by atoms with Crippen LogP contribution in [0.1, 0.15) is 25.3 Å². The Balaban J connectivity index is 2.03. The number of thiophene rings is 1. The summed E-state index contributed by atoms with van der Waals surface area (Å²) >= 11 is 5.29. The first kappa shape index (κ1) is 9.69. The molecule has 1 aromatic rings. The van der Waals surface area contributed by atoms with Crippen LogP contribution in [0.5, 0.6) is 0 Å². The molecule has 1 fully saturated rings. The van der Waals surface area contributed by atoms with E-state index in [1.54, 1.807) is 11.3 Å². The average Bonchev–Trinajstić information content (AvgIpc) is 2.33. The van der Waals surface area contributed by atoms with Gasteiger partial charge in [0.05, 0.1) is 3.79 Å². The van der Waals surface area contributed by atoms with E-state index < -0.39 is 0 Å². The second kappa shape index (κ2) is 3.37. The van der Waals surface area contributed by atoms with Crippen LogP contribution in [0, 0.1) is 5.92 Å². The number of hydrogen-bond donors (Lipinski definition) is 1. The summed E-state index contributed by atoms with van der Waals surface area (Å²) in [5, 5.41) is 2.12. The minimum absolute atomic E-state index is 0.0863. The smallest absolute Gasteiger partial charge is 0.0731 e. The number of rotatable bonds is 2. The van der Waals surface area contributed by atoms with Gasteiger partial charge in [0.2, 0.25) is 0 Å². The van der Waals surface area contributed by atoms with Crippen LogP contribution in [0.3, 0.4) is 0 Å². The first-order valence-corrected chi connectivity index (χ1v) is 6.27. The molecular formula is C10H14BrNS. The van der Waals surface area contributed by atoms with Gasteiger partial charge in [-0.2, -0.15) is 0 Å². The van der Waals surface area contributed by atoms with Crippen LogP contribution in [0.2, 0.25) is 0 Å². The molecule has 0 radical (unpaired) electrons.